The number of aliphatic imine (C=N–C) groups is 1. The van der Waals surface area contributed by atoms with Crippen LogP contribution in [0.4, 0.5) is 0 Å². The van der Waals surface area contributed by atoms with Gasteiger partial charge < -0.3 is 11.5 Å². The molecule has 0 aromatic heterocycles. The summed E-state index contributed by atoms with van der Waals surface area (Å²) in [6.45, 7) is 1.82. The third-order valence-corrected chi connectivity index (χ3v) is 4.68. The summed E-state index contributed by atoms with van der Waals surface area (Å²) in [5.41, 5.74) is 10.7. The van der Waals surface area contributed by atoms with Crippen molar-refractivity contribution < 1.29 is 0 Å². The number of nitrogens with two attached hydrogens (primary N) is 2. The Labute approximate surface area is 97.1 Å². The van der Waals surface area contributed by atoms with Crippen LogP contribution in [0.3, 0.4) is 0 Å². The summed E-state index contributed by atoms with van der Waals surface area (Å²) in [5, 5.41) is 0. The molecule has 4 N–H and O–H groups in total. The van der Waals surface area contributed by atoms with Crippen molar-refractivity contribution in [3.63, 3.8) is 0 Å². The van der Waals surface area contributed by atoms with Gasteiger partial charge in [0.1, 0.15) is 0 Å². The maximum atomic E-state index is 5.36. The third kappa shape index (κ3) is 1.79. The largest absolute Gasteiger partial charge is 0.370 e. The molecule has 16 heavy (non-hydrogen) atoms. The smallest absolute Gasteiger partial charge is 0.185 e. The van der Waals surface area contributed by atoms with Crippen molar-refractivity contribution in [3.8, 4) is 0 Å². The summed E-state index contributed by atoms with van der Waals surface area (Å²) >= 11 is 0. The first-order valence-electron chi connectivity index (χ1n) is 6.53. The Morgan fingerprint density at radius 3 is 2.06 bits per heavy atom. The molecular weight excluding hydrogens is 200 g/mol. The first kappa shape index (κ1) is 10.4. The van der Waals surface area contributed by atoms with Crippen molar-refractivity contribution in [1.29, 1.82) is 0 Å². The molecular formula is C12H22N4. The number of guanidine groups is 1. The lowest BCUT2D eigenvalue weighted by Crippen LogP contribution is -2.58. The van der Waals surface area contributed by atoms with Crippen molar-refractivity contribution in [1.82, 2.24) is 4.90 Å². The average Bonchev–Trinajstić information content (AvgIpc) is 2.20. The second-order valence-corrected chi connectivity index (χ2v) is 5.76. The molecule has 2 saturated carbocycles. The number of piperidine rings is 2. The van der Waals surface area contributed by atoms with Crippen molar-refractivity contribution in [3.05, 3.63) is 0 Å². The molecule has 4 fully saturated rings. The van der Waals surface area contributed by atoms with Crippen molar-refractivity contribution >= 4 is 5.96 Å². The van der Waals surface area contributed by atoms with Gasteiger partial charge in [-0.05, 0) is 43.9 Å². The molecule has 0 radical (unpaired) electrons. The summed E-state index contributed by atoms with van der Waals surface area (Å²) in [6.07, 6.45) is 7.21. The average molecular weight is 222 g/mol. The molecule has 0 unspecified atom stereocenters. The van der Waals surface area contributed by atoms with E-state index in [1.807, 2.05) is 0 Å². The number of hydrogen-bond donors (Lipinski definition) is 2. The van der Waals surface area contributed by atoms with Crippen molar-refractivity contribution in [2.75, 3.05) is 13.1 Å². The Bertz CT molecular complexity index is 267. The van der Waals surface area contributed by atoms with Gasteiger partial charge in [-0.25, -0.2) is 0 Å². The zero-order chi connectivity index (χ0) is 11.1. The Kier molecular flexibility index (Phi) is 2.54. The molecule has 0 amide bonds. The zero-order valence-electron chi connectivity index (χ0n) is 9.81. The minimum absolute atomic E-state index is 0.227. The second kappa shape index (κ2) is 3.91. The van der Waals surface area contributed by atoms with Crippen LogP contribution in [-0.4, -0.2) is 36.0 Å². The first-order valence-corrected chi connectivity index (χ1v) is 6.53. The van der Waals surface area contributed by atoms with E-state index >= 15 is 0 Å². The topological polar surface area (TPSA) is 67.6 Å². The maximum Gasteiger partial charge on any atom is 0.185 e. The highest BCUT2D eigenvalue weighted by Crippen LogP contribution is 2.48. The van der Waals surface area contributed by atoms with Crippen LogP contribution in [0.2, 0.25) is 0 Å². The highest BCUT2D eigenvalue weighted by Gasteiger charge is 2.46. The standard InChI is InChI=1S/C12H22N4/c13-12(14)15-1-2-16-10-4-8-3-9(6-10)7-11(16)5-8/h8-11H,1-7H2,(H4,13,14,15). The fraction of sp³-hybridized carbons (Fsp3) is 0.917. The van der Waals surface area contributed by atoms with Gasteiger partial charge in [0.2, 0.25) is 0 Å². The summed E-state index contributed by atoms with van der Waals surface area (Å²) < 4.78 is 0. The molecule has 4 nitrogen and oxygen atoms in total. The van der Waals surface area contributed by atoms with E-state index < -0.39 is 0 Å². The molecule has 2 aliphatic carbocycles. The van der Waals surface area contributed by atoms with E-state index in [1.165, 1.54) is 32.1 Å². The molecule has 2 saturated heterocycles. The Hall–Kier alpha value is -0.770. The van der Waals surface area contributed by atoms with E-state index in [9.17, 15) is 0 Å². The predicted molar refractivity (Wildman–Crippen MR) is 65.0 cm³/mol. The summed E-state index contributed by atoms with van der Waals surface area (Å²) in [5.74, 6) is 2.29. The van der Waals surface area contributed by atoms with Gasteiger partial charge in [0.15, 0.2) is 5.96 Å². The monoisotopic (exact) mass is 222 g/mol. The molecule has 90 valence electrons. The quantitative estimate of drug-likeness (QED) is 0.540. The van der Waals surface area contributed by atoms with E-state index in [2.05, 4.69) is 9.89 Å². The maximum absolute atomic E-state index is 5.36. The second-order valence-electron chi connectivity index (χ2n) is 5.76. The van der Waals surface area contributed by atoms with Gasteiger partial charge in [0.25, 0.3) is 0 Å². The van der Waals surface area contributed by atoms with Gasteiger partial charge >= 0.3 is 0 Å². The van der Waals surface area contributed by atoms with Crippen LogP contribution in [-0.2, 0) is 0 Å². The lowest BCUT2D eigenvalue weighted by Gasteiger charge is -2.56. The normalized spacial score (nSPS) is 41.2. The van der Waals surface area contributed by atoms with Crippen LogP contribution >= 0.6 is 0 Å². The zero-order valence-corrected chi connectivity index (χ0v) is 9.81. The fourth-order valence-corrected chi connectivity index (χ4v) is 4.28. The van der Waals surface area contributed by atoms with E-state index in [0.717, 1.165) is 37.0 Å². The summed E-state index contributed by atoms with van der Waals surface area (Å²) in [6, 6.07) is 1.68. The van der Waals surface area contributed by atoms with Crippen molar-refractivity contribution in [2.45, 2.75) is 44.2 Å². The Morgan fingerprint density at radius 2 is 1.56 bits per heavy atom. The third-order valence-electron chi connectivity index (χ3n) is 4.68. The number of nitrogens with zero attached hydrogens (tertiary/aromatic N) is 2. The molecule has 2 heterocycles. The Balaban J connectivity index is 1.61. The molecule has 4 aliphatic rings. The lowest BCUT2D eigenvalue weighted by atomic mass is 9.63. The molecule has 0 atom stereocenters. The molecule has 2 aliphatic heterocycles. The van der Waals surface area contributed by atoms with E-state index in [4.69, 9.17) is 11.5 Å². The number of hydrogen-bond acceptors (Lipinski definition) is 2. The highest BCUT2D eigenvalue weighted by atomic mass is 15.2. The lowest BCUT2D eigenvalue weighted by molar-refractivity contribution is -0.0566. The van der Waals surface area contributed by atoms with E-state index in [0.29, 0.717) is 0 Å². The van der Waals surface area contributed by atoms with E-state index in [-0.39, 0.29) is 5.96 Å². The van der Waals surface area contributed by atoms with Gasteiger partial charge in [0.05, 0.1) is 6.54 Å². The molecule has 4 heteroatoms. The minimum Gasteiger partial charge on any atom is -0.370 e. The molecule has 0 aromatic rings. The van der Waals surface area contributed by atoms with Gasteiger partial charge in [0, 0.05) is 18.6 Å². The summed E-state index contributed by atoms with van der Waals surface area (Å²) in [4.78, 5) is 6.79. The van der Waals surface area contributed by atoms with Crippen LogP contribution in [0.5, 0.6) is 0 Å². The van der Waals surface area contributed by atoms with Gasteiger partial charge in [-0.1, -0.05) is 0 Å². The number of rotatable bonds is 3. The molecule has 4 rings (SSSR count). The fourth-order valence-electron chi connectivity index (χ4n) is 4.28. The van der Waals surface area contributed by atoms with Gasteiger partial charge in [-0.3, -0.25) is 9.89 Å². The van der Waals surface area contributed by atoms with Crippen LogP contribution < -0.4 is 11.5 Å². The van der Waals surface area contributed by atoms with Crippen LogP contribution in [0.15, 0.2) is 4.99 Å². The minimum atomic E-state index is 0.227. The van der Waals surface area contributed by atoms with Crippen LogP contribution in [0.1, 0.15) is 32.1 Å². The summed E-state index contributed by atoms with van der Waals surface area (Å²) in [7, 11) is 0. The van der Waals surface area contributed by atoms with Crippen LogP contribution in [0.25, 0.3) is 0 Å². The van der Waals surface area contributed by atoms with Crippen molar-refractivity contribution in [2.24, 2.45) is 28.3 Å². The molecule has 4 bridgehead atoms. The van der Waals surface area contributed by atoms with Crippen LogP contribution in [0, 0.1) is 11.8 Å². The van der Waals surface area contributed by atoms with Gasteiger partial charge in [-0.15, -0.1) is 0 Å². The SMILES string of the molecule is NC(N)=NCCN1C2CC3CC(C2)CC1C3. The Morgan fingerprint density at radius 1 is 1.00 bits per heavy atom. The predicted octanol–water partition coefficient (Wildman–Crippen LogP) is 0.523. The van der Waals surface area contributed by atoms with Gasteiger partial charge in [-0.2, -0.15) is 0 Å². The molecule has 0 spiro atoms. The first-order chi connectivity index (χ1) is 7.72. The van der Waals surface area contributed by atoms with E-state index in [1.54, 1.807) is 0 Å². The molecule has 0 aromatic carbocycles. The highest BCUT2D eigenvalue weighted by molar-refractivity contribution is 5.75.